The molecule has 0 atom stereocenters. The van der Waals surface area contributed by atoms with Crippen LogP contribution >= 0.6 is 34.5 Å². The van der Waals surface area contributed by atoms with Crippen LogP contribution in [0.2, 0.25) is 10.0 Å². The Hall–Kier alpha value is -1.70. The quantitative estimate of drug-likeness (QED) is 0.773. The van der Waals surface area contributed by atoms with E-state index in [4.69, 9.17) is 23.2 Å². The third-order valence-corrected chi connectivity index (χ3v) is 4.64. The molecule has 3 aromatic rings. The van der Waals surface area contributed by atoms with E-state index >= 15 is 0 Å². The van der Waals surface area contributed by atoms with Gasteiger partial charge in [-0.3, -0.25) is 4.79 Å². The van der Waals surface area contributed by atoms with Gasteiger partial charge in [-0.1, -0.05) is 54.5 Å². The fourth-order valence-electron chi connectivity index (χ4n) is 1.86. The molecule has 114 valence electrons. The molecule has 1 N–H and O–H groups in total. The predicted octanol–water partition coefficient (Wildman–Crippen LogP) is 3.87. The highest BCUT2D eigenvalue weighted by atomic mass is 35.5. The average molecular weight is 356 g/mol. The lowest BCUT2D eigenvalue weighted by Gasteiger charge is -2.06. The summed E-state index contributed by atoms with van der Waals surface area (Å²) in [7, 11) is 0. The number of aromatic nitrogens is 4. The van der Waals surface area contributed by atoms with Crippen LogP contribution in [0.1, 0.15) is 35.4 Å². The SMILES string of the molecule is CC(C)c1nnc2sc(C(=O)Nc3cccc(Cl)c3Cl)nn12. The van der Waals surface area contributed by atoms with Gasteiger partial charge >= 0.3 is 0 Å². The van der Waals surface area contributed by atoms with Crippen molar-refractivity contribution < 1.29 is 4.79 Å². The first-order valence-corrected chi connectivity index (χ1v) is 8.02. The summed E-state index contributed by atoms with van der Waals surface area (Å²) in [6.45, 7) is 3.97. The van der Waals surface area contributed by atoms with E-state index < -0.39 is 0 Å². The van der Waals surface area contributed by atoms with Crippen molar-refractivity contribution in [2.45, 2.75) is 19.8 Å². The molecule has 0 radical (unpaired) electrons. The van der Waals surface area contributed by atoms with E-state index in [1.807, 2.05) is 13.8 Å². The molecule has 0 saturated heterocycles. The Morgan fingerprint density at radius 2 is 2.09 bits per heavy atom. The zero-order valence-electron chi connectivity index (χ0n) is 11.7. The molecule has 9 heteroatoms. The number of amides is 1. The summed E-state index contributed by atoms with van der Waals surface area (Å²) in [5.41, 5.74) is 0.439. The van der Waals surface area contributed by atoms with Crippen LogP contribution in [0.15, 0.2) is 18.2 Å². The number of nitrogens with zero attached hydrogens (tertiary/aromatic N) is 4. The predicted molar refractivity (Wildman–Crippen MR) is 87.2 cm³/mol. The standard InChI is InChI=1S/C13H11Cl2N5OS/c1-6(2)10-17-18-13-20(10)19-12(22-13)11(21)16-8-5-3-4-7(14)9(8)15/h3-6H,1-2H3,(H,16,21). The second-order valence-electron chi connectivity index (χ2n) is 4.87. The van der Waals surface area contributed by atoms with Crippen molar-refractivity contribution in [3.63, 3.8) is 0 Å². The lowest BCUT2D eigenvalue weighted by Crippen LogP contribution is -2.13. The minimum absolute atomic E-state index is 0.162. The number of hydrogen-bond donors (Lipinski definition) is 1. The van der Waals surface area contributed by atoms with Gasteiger partial charge in [-0.25, -0.2) is 0 Å². The van der Waals surface area contributed by atoms with Crippen molar-refractivity contribution in [3.05, 3.63) is 39.1 Å². The second kappa shape index (κ2) is 5.83. The summed E-state index contributed by atoms with van der Waals surface area (Å²) in [4.78, 5) is 12.9. The first kappa shape index (κ1) is 15.2. The molecule has 22 heavy (non-hydrogen) atoms. The summed E-state index contributed by atoms with van der Waals surface area (Å²) >= 11 is 13.1. The summed E-state index contributed by atoms with van der Waals surface area (Å²) in [5.74, 6) is 0.510. The van der Waals surface area contributed by atoms with Crippen molar-refractivity contribution in [3.8, 4) is 0 Å². The van der Waals surface area contributed by atoms with Gasteiger partial charge in [-0.05, 0) is 12.1 Å². The van der Waals surface area contributed by atoms with E-state index in [1.165, 1.54) is 0 Å². The van der Waals surface area contributed by atoms with Crippen molar-refractivity contribution in [1.29, 1.82) is 0 Å². The highest BCUT2D eigenvalue weighted by Gasteiger charge is 2.19. The number of halogens is 2. The number of hydrogen-bond acceptors (Lipinski definition) is 5. The maximum Gasteiger partial charge on any atom is 0.286 e. The molecule has 1 amide bonds. The number of anilines is 1. The van der Waals surface area contributed by atoms with Crippen LogP contribution in [0, 0.1) is 0 Å². The Morgan fingerprint density at radius 3 is 2.82 bits per heavy atom. The molecular weight excluding hydrogens is 345 g/mol. The van der Waals surface area contributed by atoms with Gasteiger partial charge in [0, 0.05) is 5.92 Å². The van der Waals surface area contributed by atoms with Crippen LogP contribution in [0.5, 0.6) is 0 Å². The Kier molecular flexibility index (Phi) is 4.03. The largest absolute Gasteiger partial charge is 0.318 e. The molecule has 2 heterocycles. The van der Waals surface area contributed by atoms with Gasteiger partial charge in [-0.15, -0.1) is 15.3 Å². The molecule has 2 aromatic heterocycles. The lowest BCUT2D eigenvalue weighted by molar-refractivity contribution is 0.102. The number of carbonyl (C=O) groups excluding carboxylic acids is 1. The lowest BCUT2D eigenvalue weighted by atomic mass is 10.2. The second-order valence-corrected chi connectivity index (χ2v) is 6.61. The molecule has 0 unspecified atom stereocenters. The van der Waals surface area contributed by atoms with E-state index in [0.29, 0.717) is 26.5 Å². The summed E-state index contributed by atoms with van der Waals surface area (Å²) in [6, 6.07) is 5.03. The van der Waals surface area contributed by atoms with Crippen LogP contribution in [-0.4, -0.2) is 25.7 Å². The van der Waals surface area contributed by atoms with Gasteiger partial charge in [0.05, 0.1) is 15.7 Å². The van der Waals surface area contributed by atoms with Crippen LogP contribution < -0.4 is 5.32 Å². The summed E-state index contributed by atoms with van der Waals surface area (Å²) in [6.07, 6.45) is 0. The average Bonchev–Trinajstić information content (AvgIpc) is 3.03. The van der Waals surface area contributed by atoms with Crippen LogP contribution in [0.3, 0.4) is 0 Å². The number of benzene rings is 1. The van der Waals surface area contributed by atoms with Crippen LogP contribution in [0.25, 0.3) is 4.96 Å². The molecule has 0 spiro atoms. The Labute approximate surface area is 140 Å². The molecule has 0 saturated carbocycles. The van der Waals surface area contributed by atoms with E-state index in [-0.39, 0.29) is 16.8 Å². The number of fused-ring (bicyclic) bond motifs is 1. The Bertz CT molecular complexity index is 857. The fraction of sp³-hybridized carbons (Fsp3) is 0.231. The zero-order chi connectivity index (χ0) is 15.9. The molecule has 1 aromatic carbocycles. The van der Waals surface area contributed by atoms with Gasteiger partial charge in [0.2, 0.25) is 9.97 Å². The highest BCUT2D eigenvalue weighted by molar-refractivity contribution is 7.18. The van der Waals surface area contributed by atoms with Gasteiger partial charge < -0.3 is 5.32 Å². The Balaban J connectivity index is 1.91. The van der Waals surface area contributed by atoms with Crippen molar-refractivity contribution in [2.75, 3.05) is 5.32 Å². The fourth-order valence-corrected chi connectivity index (χ4v) is 2.95. The van der Waals surface area contributed by atoms with E-state index in [9.17, 15) is 4.79 Å². The van der Waals surface area contributed by atoms with Gasteiger partial charge in [0.1, 0.15) is 0 Å². The number of nitrogens with one attached hydrogen (secondary N) is 1. The van der Waals surface area contributed by atoms with Gasteiger partial charge in [0.25, 0.3) is 5.91 Å². The summed E-state index contributed by atoms with van der Waals surface area (Å²) < 4.78 is 1.59. The topological polar surface area (TPSA) is 72.2 Å². The molecule has 6 nitrogen and oxygen atoms in total. The van der Waals surface area contributed by atoms with Crippen molar-refractivity contribution in [1.82, 2.24) is 19.8 Å². The van der Waals surface area contributed by atoms with Gasteiger partial charge in [-0.2, -0.15) is 4.52 Å². The molecule has 0 fully saturated rings. The molecule has 3 rings (SSSR count). The summed E-state index contributed by atoms with van der Waals surface area (Å²) in [5, 5.41) is 16.0. The molecular formula is C13H11Cl2N5OS. The maximum atomic E-state index is 12.3. The van der Waals surface area contributed by atoms with Crippen molar-refractivity contribution in [2.24, 2.45) is 0 Å². The minimum Gasteiger partial charge on any atom is -0.318 e. The maximum absolute atomic E-state index is 12.3. The smallest absolute Gasteiger partial charge is 0.286 e. The third-order valence-electron chi connectivity index (χ3n) is 2.93. The van der Waals surface area contributed by atoms with Crippen LogP contribution in [-0.2, 0) is 0 Å². The molecule has 0 aliphatic carbocycles. The molecule has 0 aliphatic heterocycles. The highest BCUT2D eigenvalue weighted by Crippen LogP contribution is 2.30. The first-order chi connectivity index (χ1) is 10.5. The minimum atomic E-state index is -0.366. The zero-order valence-corrected chi connectivity index (χ0v) is 14.0. The van der Waals surface area contributed by atoms with E-state index in [1.54, 1.807) is 22.7 Å². The monoisotopic (exact) mass is 355 g/mol. The van der Waals surface area contributed by atoms with Crippen LogP contribution in [0.4, 0.5) is 5.69 Å². The van der Waals surface area contributed by atoms with E-state index in [0.717, 1.165) is 11.3 Å². The van der Waals surface area contributed by atoms with Gasteiger partial charge in [0.15, 0.2) is 5.82 Å². The first-order valence-electron chi connectivity index (χ1n) is 6.45. The van der Waals surface area contributed by atoms with E-state index in [2.05, 4.69) is 20.6 Å². The number of carbonyl (C=O) groups is 1. The molecule has 0 bridgehead atoms. The molecule has 0 aliphatic rings. The van der Waals surface area contributed by atoms with Crippen molar-refractivity contribution >= 4 is 51.1 Å². The Morgan fingerprint density at radius 1 is 1.32 bits per heavy atom. The normalized spacial score (nSPS) is 11.3. The number of rotatable bonds is 3. The third kappa shape index (κ3) is 2.67.